The third kappa shape index (κ3) is 10.5. The van der Waals surface area contributed by atoms with Gasteiger partial charge in [0.1, 0.15) is 24.4 Å². The van der Waals surface area contributed by atoms with Crippen molar-refractivity contribution in [2.75, 3.05) is 19.8 Å². The summed E-state index contributed by atoms with van der Waals surface area (Å²) in [5, 5.41) is 13.1. The van der Waals surface area contributed by atoms with Crippen molar-refractivity contribution in [3.05, 3.63) is 179 Å². The predicted molar refractivity (Wildman–Crippen MR) is 202 cm³/mol. The molecule has 1 aliphatic heterocycles. The van der Waals surface area contributed by atoms with Crippen LogP contribution >= 0.6 is 0 Å². The second kappa shape index (κ2) is 19.7. The van der Waals surface area contributed by atoms with Crippen molar-refractivity contribution in [2.24, 2.45) is 0 Å². The Labute approximate surface area is 313 Å². The first kappa shape index (κ1) is 38.5. The second-order valence-electron chi connectivity index (χ2n) is 13.0. The van der Waals surface area contributed by atoms with Gasteiger partial charge in [0.25, 0.3) is 0 Å². The molecule has 8 nitrogen and oxygen atoms in total. The average Bonchev–Trinajstić information content (AvgIpc) is 3.21. The molecule has 1 fully saturated rings. The van der Waals surface area contributed by atoms with E-state index >= 15 is 0 Å². The third-order valence-corrected chi connectivity index (χ3v) is 9.15. The molecule has 1 aliphatic rings. The summed E-state index contributed by atoms with van der Waals surface area (Å²) in [7, 11) is 0. The average molecular weight is 719 g/mol. The lowest BCUT2D eigenvalue weighted by Crippen LogP contribution is -2.65. The molecule has 0 bridgehead atoms. The summed E-state index contributed by atoms with van der Waals surface area (Å²) in [6.45, 7) is 5.97. The van der Waals surface area contributed by atoms with E-state index in [0.29, 0.717) is 32.0 Å². The normalized spacial score (nSPS) is 21.5. The molecular weight excluding hydrogens is 668 g/mol. The molecule has 5 atom stereocenters. The first-order valence-electron chi connectivity index (χ1n) is 18.4. The van der Waals surface area contributed by atoms with E-state index in [1.807, 2.05) is 159 Å². The lowest BCUT2D eigenvalue weighted by molar-refractivity contribution is -0.378. The number of benzene rings is 5. The Kier molecular flexibility index (Phi) is 14.3. The van der Waals surface area contributed by atoms with E-state index in [9.17, 15) is 5.11 Å². The monoisotopic (exact) mass is 718 g/mol. The van der Waals surface area contributed by atoms with Crippen LogP contribution in [0.5, 0.6) is 0 Å². The van der Waals surface area contributed by atoms with Gasteiger partial charge < -0.3 is 38.3 Å². The zero-order chi connectivity index (χ0) is 36.7. The molecule has 0 aromatic heterocycles. The van der Waals surface area contributed by atoms with E-state index in [1.54, 1.807) is 0 Å². The SMILES string of the molecule is CCOC(OCC)c1cccc(C2(O)O[C@H](COCc3ccccc3)[C@@H](OCc3ccccc3)[C@H](OCc3ccccc3)[C@H]2OCc2ccccc2)c1. The van der Waals surface area contributed by atoms with Crippen LogP contribution < -0.4 is 0 Å². The Bertz CT molecular complexity index is 1750. The van der Waals surface area contributed by atoms with Crippen molar-refractivity contribution < 1.29 is 38.3 Å². The van der Waals surface area contributed by atoms with Gasteiger partial charge in [-0.2, -0.15) is 0 Å². The van der Waals surface area contributed by atoms with Crippen molar-refractivity contribution in [1.82, 2.24) is 0 Å². The first-order valence-corrected chi connectivity index (χ1v) is 18.4. The minimum absolute atomic E-state index is 0.119. The van der Waals surface area contributed by atoms with Crippen LogP contribution in [-0.2, 0) is 65.4 Å². The number of ether oxygens (including phenoxy) is 7. The van der Waals surface area contributed by atoms with Gasteiger partial charge in [-0.05, 0) is 42.2 Å². The Morgan fingerprint density at radius 1 is 0.566 bits per heavy atom. The molecule has 0 saturated carbocycles. The van der Waals surface area contributed by atoms with Gasteiger partial charge in [-0.25, -0.2) is 0 Å². The molecule has 8 heteroatoms. The van der Waals surface area contributed by atoms with Crippen LogP contribution in [0.3, 0.4) is 0 Å². The molecule has 5 aromatic carbocycles. The van der Waals surface area contributed by atoms with Gasteiger partial charge in [0.15, 0.2) is 6.29 Å². The second-order valence-corrected chi connectivity index (χ2v) is 13.0. The van der Waals surface area contributed by atoms with Gasteiger partial charge in [0.05, 0.1) is 33.0 Å². The van der Waals surface area contributed by atoms with E-state index in [1.165, 1.54) is 0 Å². The van der Waals surface area contributed by atoms with Crippen LogP contribution in [0.15, 0.2) is 146 Å². The van der Waals surface area contributed by atoms with Crippen molar-refractivity contribution in [2.45, 2.75) is 76.8 Å². The zero-order valence-corrected chi connectivity index (χ0v) is 30.5. The van der Waals surface area contributed by atoms with E-state index < -0.39 is 36.5 Å². The maximum atomic E-state index is 13.1. The summed E-state index contributed by atoms with van der Waals surface area (Å²) in [6, 6.07) is 47.2. The largest absolute Gasteiger partial charge is 0.374 e. The molecule has 1 heterocycles. The highest BCUT2D eigenvalue weighted by atomic mass is 16.7. The predicted octanol–water partition coefficient (Wildman–Crippen LogP) is 8.28. The highest BCUT2D eigenvalue weighted by molar-refractivity contribution is 5.30. The van der Waals surface area contributed by atoms with Crippen molar-refractivity contribution in [1.29, 1.82) is 0 Å². The van der Waals surface area contributed by atoms with Crippen LogP contribution in [-0.4, -0.2) is 49.3 Å². The Morgan fingerprint density at radius 2 is 1.04 bits per heavy atom. The van der Waals surface area contributed by atoms with Gasteiger partial charge in [-0.1, -0.05) is 140 Å². The molecular formula is C45H50O8. The molecule has 6 rings (SSSR count). The molecule has 0 amide bonds. The fourth-order valence-electron chi connectivity index (χ4n) is 6.54. The smallest absolute Gasteiger partial charge is 0.222 e. The van der Waals surface area contributed by atoms with Crippen LogP contribution in [0, 0.1) is 0 Å². The molecule has 278 valence electrons. The first-order chi connectivity index (χ1) is 26.1. The molecule has 0 radical (unpaired) electrons. The van der Waals surface area contributed by atoms with Crippen molar-refractivity contribution >= 4 is 0 Å². The summed E-state index contributed by atoms with van der Waals surface area (Å²) >= 11 is 0. The summed E-state index contributed by atoms with van der Waals surface area (Å²) in [4.78, 5) is 0. The van der Waals surface area contributed by atoms with E-state index in [4.69, 9.17) is 33.2 Å². The molecule has 1 N–H and O–H groups in total. The lowest BCUT2D eigenvalue weighted by Gasteiger charge is -2.50. The maximum absolute atomic E-state index is 13.1. The van der Waals surface area contributed by atoms with Crippen molar-refractivity contribution in [3.8, 4) is 0 Å². The summed E-state index contributed by atoms with van der Waals surface area (Å²) in [5.41, 5.74) is 5.14. The van der Waals surface area contributed by atoms with Crippen molar-refractivity contribution in [3.63, 3.8) is 0 Å². The van der Waals surface area contributed by atoms with Gasteiger partial charge in [0, 0.05) is 24.3 Å². The third-order valence-electron chi connectivity index (χ3n) is 9.15. The Hall–Kier alpha value is -4.22. The molecule has 0 aliphatic carbocycles. The molecule has 1 saturated heterocycles. The number of rotatable bonds is 19. The zero-order valence-electron chi connectivity index (χ0n) is 30.5. The van der Waals surface area contributed by atoms with Gasteiger partial charge >= 0.3 is 0 Å². The number of hydrogen-bond donors (Lipinski definition) is 1. The Balaban J connectivity index is 1.41. The van der Waals surface area contributed by atoms with E-state index in [0.717, 1.165) is 27.8 Å². The minimum Gasteiger partial charge on any atom is -0.374 e. The fourth-order valence-corrected chi connectivity index (χ4v) is 6.54. The van der Waals surface area contributed by atoms with Crippen LogP contribution in [0.25, 0.3) is 0 Å². The summed E-state index contributed by atoms with van der Waals surface area (Å²) in [6.07, 6.45) is -3.92. The standard InChI is InChI=1S/C45H50O8/c1-3-48-44(49-4-2)38-26-17-27-39(28-38)45(46)43(52-32-37-24-15-8-16-25-37)42(51-31-36-22-13-7-14-23-36)41(50-30-35-20-11-6-12-21-35)40(53-45)33-47-29-34-18-9-5-10-19-34/h5-28,40-44,46H,3-4,29-33H2,1-2H3/t40-,41-,42+,43-,45?/m1/s1. The maximum Gasteiger partial charge on any atom is 0.222 e. The van der Waals surface area contributed by atoms with Gasteiger partial charge in [-0.15, -0.1) is 0 Å². The molecule has 0 spiro atoms. The highest BCUT2D eigenvalue weighted by Gasteiger charge is 2.57. The summed E-state index contributed by atoms with van der Waals surface area (Å²) in [5.74, 6) is -2.00. The van der Waals surface area contributed by atoms with Crippen LogP contribution in [0.2, 0.25) is 0 Å². The minimum atomic E-state index is -2.00. The van der Waals surface area contributed by atoms with E-state index in [-0.39, 0.29) is 19.8 Å². The molecule has 53 heavy (non-hydrogen) atoms. The lowest BCUT2D eigenvalue weighted by atomic mass is 9.86. The highest BCUT2D eigenvalue weighted by Crippen LogP contribution is 2.42. The van der Waals surface area contributed by atoms with E-state index in [2.05, 4.69) is 0 Å². The quantitative estimate of drug-likeness (QED) is 0.0855. The number of hydrogen-bond acceptors (Lipinski definition) is 8. The number of aliphatic hydroxyl groups is 1. The molecule has 1 unspecified atom stereocenters. The van der Waals surface area contributed by atoms with Gasteiger partial charge in [0.2, 0.25) is 5.79 Å². The van der Waals surface area contributed by atoms with Crippen LogP contribution in [0.4, 0.5) is 0 Å². The Morgan fingerprint density at radius 3 is 1.55 bits per heavy atom. The fraction of sp³-hybridized carbons (Fsp3) is 0.333. The van der Waals surface area contributed by atoms with Gasteiger partial charge in [-0.3, -0.25) is 0 Å². The topological polar surface area (TPSA) is 84.8 Å². The molecule has 5 aromatic rings. The van der Waals surface area contributed by atoms with Crippen LogP contribution in [0.1, 0.15) is 53.5 Å². The summed E-state index contributed by atoms with van der Waals surface area (Å²) < 4.78 is 45.4.